The minimum atomic E-state index is -3.57. The van der Waals surface area contributed by atoms with Crippen LogP contribution in [-0.2, 0) is 27.1 Å². The number of carbonyl (C=O) groups excluding carboxylic acids is 1. The maximum atomic E-state index is 12.9. The number of carbonyl (C=O) groups is 1. The standard InChI is InChI=1S/C24H24Cl2N2O3S/c25-22-10-8-18(13-23(22)26)16-32(30,31)28-11-3-6-21(15-28)24(29)27-14-17-7-9-19-4-1-2-5-20(19)12-17/h1-2,4-5,7-10,12-13,21H,3,6,11,14-16H2,(H,27,29). The molecule has 1 atom stereocenters. The van der Waals surface area contributed by atoms with Crippen LogP contribution in [0.25, 0.3) is 10.8 Å². The maximum absolute atomic E-state index is 12.9. The number of hydrogen-bond donors (Lipinski definition) is 1. The largest absolute Gasteiger partial charge is 0.352 e. The summed E-state index contributed by atoms with van der Waals surface area (Å²) in [6.07, 6.45) is 1.32. The van der Waals surface area contributed by atoms with E-state index >= 15 is 0 Å². The Hall–Kier alpha value is -2.12. The van der Waals surface area contributed by atoms with Gasteiger partial charge in [-0.05, 0) is 52.9 Å². The predicted octanol–water partition coefficient (Wildman–Crippen LogP) is 5.00. The second-order valence-corrected chi connectivity index (χ2v) is 10.9. The highest BCUT2D eigenvalue weighted by atomic mass is 35.5. The summed E-state index contributed by atoms with van der Waals surface area (Å²) in [6, 6.07) is 19.0. The Morgan fingerprint density at radius 2 is 1.72 bits per heavy atom. The second-order valence-electron chi connectivity index (χ2n) is 8.10. The van der Waals surface area contributed by atoms with Crippen molar-refractivity contribution in [2.45, 2.75) is 25.1 Å². The SMILES string of the molecule is O=C(NCc1ccc2ccccc2c1)C1CCCN(S(=O)(=O)Cc2ccc(Cl)c(Cl)c2)C1. The topological polar surface area (TPSA) is 66.5 Å². The number of rotatable bonds is 6. The van der Waals surface area contributed by atoms with Crippen LogP contribution in [0, 0.1) is 5.92 Å². The zero-order valence-corrected chi connectivity index (χ0v) is 19.8. The van der Waals surface area contributed by atoms with Crippen molar-refractivity contribution >= 4 is 49.9 Å². The Kier molecular flexibility index (Phi) is 7.05. The number of benzene rings is 3. The van der Waals surface area contributed by atoms with Crippen LogP contribution in [-0.4, -0.2) is 31.7 Å². The van der Waals surface area contributed by atoms with E-state index < -0.39 is 10.0 Å². The van der Waals surface area contributed by atoms with Crippen LogP contribution in [0.4, 0.5) is 0 Å². The Morgan fingerprint density at radius 3 is 2.50 bits per heavy atom. The highest BCUT2D eigenvalue weighted by Gasteiger charge is 2.32. The van der Waals surface area contributed by atoms with Gasteiger partial charge in [0.2, 0.25) is 15.9 Å². The lowest BCUT2D eigenvalue weighted by Gasteiger charge is -2.31. The zero-order valence-electron chi connectivity index (χ0n) is 17.4. The van der Waals surface area contributed by atoms with E-state index in [0.29, 0.717) is 41.5 Å². The van der Waals surface area contributed by atoms with Crippen molar-refractivity contribution in [3.05, 3.63) is 81.8 Å². The van der Waals surface area contributed by atoms with Crippen molar-refractivity contribution in [1.82, 2.24) is 9.62 Å². The van der Waals surface area contributed by atoms with Crippen LogP contribution in [0.2, 0.25) is 10.0 Å². The van der Waals surface area contributed by atoms with Crippen molar-refractivity contribution in [1.29, 1.82) is 0 Å². The molecule has 1 amide bonds. The van der Waals surface area contributed by atoms with Gasteiger partial charge in [-0.15, -0.1) is 0 Å². The first-order valence-electron chi connectivity index (χ1n) is 10.5. The summed E-state index contributed by atoms with van der Waals surface area (Å²) >= 11 is 11.9. The molecule has 1 heterocycles. The molecule has 1 unspecified atom stereocenters. The van der Waals surface area contributed by atoms with Gasteiger partial charge in [-0.25, -0.2) is 12.7 Å². The van der Waals surface area contributed by atoms with E-state index in [1.54, 1.807) is 18.2 Å². The monoisotopic (exact) mass is 490 g/mol. The minimum absolute atomic E-state index is 0.118. The predicted molar refractivity (Wildman–Crippen MR) is 129 cm³/mol. The van der Waals surface area contributed by atoms with Gasteiger partial charge in [0.05, 0.1) is 21.7 Å². The van der Waals surface area contributed by atoms with E-state index in [1.807, 2.05) is 36.4 Å². The summed E-state index contributed by atoms with van der Waals surface area (Å²) in [7, 11) is -3.57. The zero-order chi connectivity index (χ0) is 22.7. The average Bonchev–Trinajstić information content (AvgIpc) is 2.79. The summed E-state index contributed by atoms with van der Waals surface area (Å²) < 4.78 is 27.3. The lowest BCUT2D eigenvalue weighted by Crippen LogP contribution is -2.45. The van der Waals surface area contributed by atoms with Gasteiger partial charge in [0.25, 0.3) is 0 Å². The van der Waals surface area contributed by atoms with E-state index in [9.17, 15) is 13.2 Å². The normalized spacial score (nSPS) is 17.4. The molecule has 168 valence electrons. The van der Waals surface area contributed by atoms with Crippen LogP contribution in [0.1, 0.15) is 24.0 Å². The first-order chi connectivity index (χ1) is 15.3. The third-order valence-corrected chi connectivity index (χ3v) is 8.32. The molecule has 1 aliphatic heterocycles. The molecule has 1 aliphatic rings. The van der Waals surface area contributed by atoms with Crippen LogP contribution in [0.15, 0.2) is 60.7 Å². The van der Waals surface area contributed by atoms with Gasteiger partial charge in [0.15, 0.2) is 0 Å². The van der Waals surface area contributed by atoms with Gasteiger partial charge in [0.1, 0.15) is 0 Å². The minimum Gasteiger partial charge on any atom is -0.352 e. The van der Waals surface area contributed by atoms with Crippen molar-refractivity contribution in [3.63, 3.8) is 0 Å². The maximum Gasteiger partial charge on any atom is 0.224 e. The first kappa shape index (κ1) is 23.1. The molecule has 1 saturated heterocycles. The van der Waals surface area contributed by atoms with Crippen molar-refractivity contribution < 1.29 is 13.2 Å². The molecule has 1 N–H and O–H groups in total. The number of sulfonamides is 1. The second kappa shape index (κ2) is 9.79. The van der Waals surface area contributed by atoms with E-state index in [-0.39, 0.29) is 24.1 Å². The average molecular weight is 491 g/mol. The summed E-state index contributed by atoms with van der Waals surface area (Å²) in [6.45, 7) is 1.02. The van der Waals surface area contributed by atoms with E-state index in [0.717, 1.165) is 16.3 Å². The molecule has 5 nitrogen and oxygen atoms in total. The molecule has 0 bridgehead atoms. The van der Waals surface area contributed by atoms with Gasteiger partial charge >= 0.3 is 0 Å². The highest BCUT2D eigenvalue weighted by Crippen LogP contribution is 2.26. The third-order valence-electron chi connectivity index (χ3n) is 5.76. The molecule has 0 spiro atoms. The van der Waals surface area contributed by atoms with Crippen molar-refractivity contribution in [2.24, 2.45) is 5.92 Å². The van der Waals surface area contributed by atoms with Gasteiger partial charge < -0.3 is 5.32 Å². The molecule has 0 aromatic heterocycles. The van der Waals surface area contributed by atoms with Gasteiger partial charge in [-0.1, -0.05) is 65.7 Å². The lowest BCUT2D eigenvalue weighted by atomic mass is 9.98. The third kappa shape index (κ3) is 5.44. The molecule has 32 heavy (non-hydrogen) atoms. The molecule has 0 saturated carbocycles. The molecular formula is C24H24Cl2N2O3S. The van der Waals surface area contributed by atoms with Gasteiger partial charge in [0, 0.05) is 19.6 Å². The molecule has 3 aromatic carbocycles. The van der Waals surface area contributed by atoms with Gasteiger partial charge in [-0.3, -0.25) is 4.79 Å². The fourth-order valence-electron chi connectivity index (χ4n) is 4.02. The Bertz CT molecular complexity index is 1250. The summed E-state index contributed by atoms with van der Waals surface area (Å²) in [5.74, 6) is -0.657. The smallest absolute Gasteiger partial charge is 0.224 e. The number of amides is 1. The van der Waals surface area contributed by atoms with Crippen LogP contribution >= 0.6 is 23.2 Å². The summed E-state index contributed by atoms with van der Waals surface area (Å²) in [4.78, 5) is 12.8. The quantitative estimate of drug-likeness (QED) is 0.528. The summed E-state index contributed by atoms with van der Waals surface area (Å²) in [5.41, 5.74) is 1.58. The Morgan fingerprint density at radius 1 is 0.969 bits per heavy atom. The van der Waals surface area contributed by atoms with Crippen LogP contribution in [0.3, 0.4) is 0 Å². The lowest BCUT2D eigenvalue weighted by molar-refractivity contribution is -0.126. The molecule has 1 fully saturated rings. The van der Waals surface area contributed by atoms with Gasteiger partial charge in [-0.2, -0.15) is 0 Å². The van der Waals surface area contributed by atoms with Crippen LogP contribution < -0.4 is 5.32 Å². The number of fused-ring (bicyclic) bond motifs is 1. The van der Waals surface area contributed by atoms with Crippen LogP contribution in [0.5, 0.6) is 0 Å². The molecule has 4 rings (SSSR count). The Balaban J connectivity index is 1.37. The highest BCUT2D eigenvalue weighted by molar-refractivity contribution is 7.88. The number of nitrogens with zero attached hydrogens (tertiary/aromatic N) is 1. The number of piperidine rings is 1. The molecule has 0 aliphatic carbocycles. The van der Waals surface area contributed by atoms with E-state index in [2.05, 4.69) is 11.4 Å². The molecule has 3 aromatic rings. The number of halogens is 2. The van der Waals surface area contributed by atoms with E-state index in [1.165, 1.54) is 4.31 Å². The first-order valence-corrected chi connectivity index (χ1v) is 12.9. The number of hydrogen-bond acceptors (Lipinski definition) is 3. The Labute approximate surface area is 198 Å². The number of nitrogens with one attached hydrogen (secondary N) is 1. The molecular weight excluding hydrogens is 467 g/mol. The van der Waals surface area contributed by atoms with Crippen molar-refractivity contribution in [2.75, 3.05) is 13.1 Å². The fraction of sp³-hybridized carbons (Fsp3) is 0.292. The van der Waals surface area contributed by atoms with Crippen molar-refractivity contribution in [3.8, 4) is 0 Å². The molecule has 8 heteroatoms. The fourth-order valence-corrected chi connectivity index (χ4v) is 5.94. The molecule has 0 radical (unpaired) electrons. The van der Waals surface area contributed by atoms with E-state index in [4.69, 9.17) is 23.2 Å². The summed E-state index contributed by atoms with van der Waals surface area (Å²) in [5, 5.41) is 5.95.